The highest BCUT2D eigenvalue weighted by Crippen LogP contribution is 2.23. The third kappa shape index (κ3) is 2.83. The van der Waals surface area contributed by atoms with E-state index in [2.05, 4.69) is 4.90 Å². The molecule has 2 aliphatic rings. The molecule has 0 aromatic carbocycles. The minimum atomic E-state index is -0.167. The van der Waals surface area contributed by atoms with Crippen molar-refractivity contribution in [3.8, 4) is 0 Å². The Morgan fingerprint density at radius 3 is 2.78 bits per heavy atom. The molecule has 5 nitrogen and oxygen atoms in total. The number of carbonyl (C=O) groups is 2. The molecule has 18 heavy (non-hydrogen) atoms. The van der Waals surface area contributed by atoms with E-state index in [0.29, 0.717) is 13.0 Å². The number of amides is 2. The van der Waals surface area contributed by atoms with E-state index in [-0.39, 0.29) is 17.9 Å². The molecule has 1 unspecified atom stereocenters. The smallest absolute Gasteiger partial charge is 0.245 e. The van der Waals surface area contributed by atoms with E-state index in [0.717, 1.165) is 38.9 Å². The van der Waals surface area contributed by atoms with Crippen molar-refractivity contribution < 1.29 is 9.59 Å². The van der Waals surface area contributed by atoms with Gasteiger partial charge in [-0.15, -0.1) is 0 Å². The average molecular weight is 253 g/mol. The van der Waals surface area contributed by atoms with Crippen LogP contribution in [0.2, 0.25) is 0 Å². The zero-order chi connectivity index (χ0) is 13.1. The molecular formula is C13H23N3O2. The van der Waals surface area contributed by atoms with Gasteiger partial charge in [0.2, 0.25) is 11.8 Å². The number of nitrogens with zero attached hydrogens (tertiary/aromatic N) is 3. The number of hydrogen-bond donors (Lipinski definition) is 0. The summed E-state index contributed by atoms with van der Waals surface area (Å²) < 4.78 is 0. The highest BCUT2D eigenvalue weighted by Gasteiger charge is 2.38. The molecule has 0 radical (unpaired) electrons. The predicted octanol–water partition coefficient (Wildman–Crippen LogP) is 0.161. The number of carbonyl (C=O) groups excluding carboxylic acids is 2. The van der Waals surface area contributed by atoms with E-state index >= 15 is 0 Å². The molecule has 1 atom stereocenters. The van der Waals surface area contributed by atoms with Crippen LogP contribution in [0.4, 0.5) is 0 Å². The number of hydrogen-bond acceptors (Lipinski definition) is 3. The Hall–Kier alpha value is -1.10. The summed E-state index contributed by atoms with van der Waals surface area (Å²) in [5.41, 5.74) is 0. The van der Waals surface area contributed by atoms with Crippen LogP contribution in [0.5, 0.6) is 0 Å². The first-order chi connectivity index (χ1) is 8.59. The maximum atomic E-state index is 12.4. The van der Waals surface area contributed by atoms with Crippen molar-refractivity contribution in [3.05, 3.63) is 0 Å². The summed E-state index contributed by atoms with van der Waals surface area (Å²) in [6.07, 6.45) is 3.27. The molecule has 102 valence electrons. The second kappa shape index (κ2) is 5.69. The van der Waals surface area contributed by atoms with Crippen molar-refractivity contribution in [3.63, 3.8) is 0 Å². The molecule has 2 fully saturated rings. The van der Waals surface area contributed by atoms with Gasteiger partial charge >= 0.3 is 0 Å². The van der Waals surface area contributed by atoms with Gasteiger partial charge < -0.3 is 14.7 Å². The van der Waals surface area contributed by atoms with Crippen molar-refractivity contribution in [2.75, 3.05) is 40.3 Å². The molecule has 0 saturated carbocycles. The fourth-order valence-electron chi connectivity index (χ4n) is 2.82. The molecule has 0 aromatic rings. The second-order valence-corrected chi connectivity index (χ2v) is 5.48. The minimum Gasteiger partial charge on any atom is -0.340 e. The minimum absolute atomic E-state index is 0.154. The summed E-state index contributed by atoms with van der Waals surface area (Å²) in [4.78, 5) is 30.1. The molecule has 2 saturated heterocycles. The van der Waals surface area contributed by atoms with Crippen LogP contribution in [0.3, 0.4) is 0 Å². The van der Waals surface area contributed by atoms with Crippen molar-refractivity contribution >= 4 is 11.8 Å². The second-order valence-electron chi connectivity index (χ2n) is 5.48. The Balaban J connectivity index is 1.95. The van der Waals surface area contributed by atoms with E-state index < -0.39 is 0 Å². The molecular weight excluding hydrogens is 230 g/mol. The maximum Gasteiger partial charge on any atom is 0.245 e. The first-order valence-electron chi connectivity index (χ1n) is 6.82. The third-order valence-electron chi connectivity index (χ3n) is 3.80. The SMILES string of the molecule is CN(C)CCCN1CCC(=O)N2CCCC2C1=O. The fourth-order valence-corrected chi connectivity index (χ4v) is 2.82. The molecule has 2 aliphatic heterocycles. The standard InChI is InChI=1S/C13H23N3O2/c1-14(2)7-4-8-15-10-6-12(17)16-9-3-5-11(16)13(15)18/h11H,3-10H2,1-2H3. The van der Waals surface area contributed by atoms with Crippen LogP contribution in [0.25, 0.3) is 0 Å². The first-order valence-corrected chi connectivity index (χ1v) is 6.82. The normalized spacial score (nSPS) is 24.7. The van der Waals surface area contributed by atoms with Gasteiger partial charge in [0.05, 0.1) is 0 Å². The molecule has 2 rings (SSSR count). The van der Waals surface area contributed by atoms with Crippen LogP contribution < -0.4 is 0 Å². The lowest BCUT2D eigenvalue weighted by Crippen LogP contribution is -2.44. The molecule has 5 heteroatoms. The quantitative estimate of drug-likeness (QED) is 0.717. The van der Waals surface area contributed by atoms with Gasteiger partial charge in [-0.3, -0.25) is 9.59 Å². The van der Waals surface area contributed by atoms with Crippen molar-refractivity contribution in [2.45, 2.75) is 31.7 Å². The van der Waals surface area contributed by atoms with Crippen molar-refractivity contribution in [1.82, 2.24) is 14.7 Å². The topological polar surface area (TPSA) is 43.9 Å². The van der Waals surface area contributed by atoms with Crippen LogP contribution in [-0.2, 0) is 9.59 Å². The fraction of sp³-hybridized carbons (Fsp3) is 0.846. The largest absolute Gasteiger partial charge is 0.340 e. The first kappa shape index (κ1) is 13.3. The number of fused-ring (bicyclic) bond motifs is 1. The molecule has 2 amide bonds. The maximum absolute atomic E-state index is 12.4. The van der Waals surface area contributed by atoms with Gasteiger partial charge in [0.25, 0.3) is 0 Å². The molecule has 0 spiro atoms. The Morgan fingerprint density at radius 1 is 1.28 bits per heavy atom. The van der Waals surface area contributed by atoms with Crippen LogP contribution >= 0.6 is 0 Å². The van der Waals surface area contributed by atoms with E-state index in [4.69, 9.17) is 0 Å². The molecule has 2 heterocycles. The lowest BCUT2D eigenvalue weighted by atomic mass is 10.2. The summed E-state index contributed by atoms with van der Waals surface area (Å²) in [5.74, 6) is 0.318. The lowest BCUT2D eigenvalue weighted by molar-refractivity contribution is -0.139. The van der Waals surface area contributed by atoms with Gasteiger partial charge in [0.15, 0.2) is 0 Å². The van der Waals surface area contributed by atoms with Crippen LogP contribution in [0, 0.1) is 0 Å². The third-order valence-corrected chi connectivity index (χ3v) is 3.80. The van der Waals surface area contributed by atoms with Crippen LogP contribution in [-0.4, -0.2) is 72.8 Å². The molecule has 0 aromatic heterocycles. The predicted molar refractivity (Wildman–Crippen MR) is 69.1 cm³/mol. The van der Waals surface area contributed by atoms with Crippen molar-refractivity contribution in [2.24, 2.45) is 0 Å². The number of rotatable bonds is 4. The average Bonchev–Trinajstić information content (AvgIpc) is 2.77. The van der Waals surface area contributed by atoms with E-state index in [1.165, 1.54) is 0 Å². The Kier molecular flexibility index (Phi) is 4.22. The molecule has 0 bridgehead atoms. The van der Waals surface area contributed by atoms with E-state index in [1.807, 2.05) is 19.0 Å². The lowest BCUT2D eigenvalue weighted by Gasteiger charge is -2.25. The monoisotopic (exact) mass is 253 g/mol. The Morgan fingerprint density at radius 2 is 2.06 bits per heavy atom. The molecule has 0 N–H and O–H groups in total. The summed E-state index contributed by atoms with van der Waals surface area (Å²) >= 11 is 0. The highest BCUT2D eigenvalue weighted by atomic mass is 16.2. The summed E-state index contributed by atoms with van der Waals surface area (Å²) in [6.45, 7) is 3.11. The van der Waals surface area contributed by atoms with E-state index in [1.54, 1.807) is 4.90 Å². The zero-order valence-electron chi connectivity index (χ0n) is 11.4. The Bertz CT molecular complexity index is 330. The summed E-state index contributed by atoms with van der Waals surface area (Å²) in [6, 6.07) is -0.167. The summed E-state index contributed by atoms with van der Waals surface area (Å²) in [5, 5.41) is 0. The van der Waals surface area contributed by atoms with Crippen molar-refractivity contribution in [1.29, 1.82) is 0 Å². The van der Waals surface area contributed by atoms with Gasteiger partial charge in [0.1, 0.15) is 6.04 Å². The van der Waals surface area contributed by atoms with Gasteiger partial charge in [-0.25, -0.2) is 0 Å². The Labute approximate surface area is 109 Å². The van der Waals surface area contributed by atoms with Crippen LogP contribution in [0.15, 0.2) is 0 Å². The highest BCUT2D eigenvalue weighted by molar-refractivity contribution is 5.90. The van der Waals surface area contributed by atoms with Crippen LogP contribution in [0.1, 0.15) is 25.7 Å². The van der Waals surface area contributed by atoms with E-state index in [9.17, 15) is 9.59 Å². The van der Waals surface area contributed by atoms with Gasteiger partial charge in [-0.1, -0.05) is 0 Å². The zero-order valence-corrected chi connectivity index (χ0v) is 11.4. The summed E-state index contributed by atoms with van der Waals surface area (Å²) in [7, 11) is 4.07. The van der Waals surface area contributed by atoms with Gasteiger partial charge in [-0.05, 0) is 39.9 Å². The van der Waals surface area contributed by atoms with Gasteiger partial charge in [-0.2, -0.15) is 0 Å². The molecule has 0 aliphatic carbocycles. The van der Waals surface area contributed by atoms with Gasteiger partial charge in [0, 0.05) is 26.1 Å².